The highest BCUT2D eigenvalue weighted by molar-refractivity contribution is 5.76. The number of fused-ring (bicyclic) bond motifs is 2. The number of nitrogens with zero attached hydrogens (tertiary/aromatic N) is 4. The number of benzene rings is 1. The van der Waals surface area contributed by atoms with Gasteiger partial charge in [-0.05, 0) is 23.8 Å². The Morgan fingerprint density at radius 2 is 2.07 bits per heavy atom. The molecule has 8 heteroatoms. The van der Waals surface area contributed by atoms with Crippen molar-refractivity contribution in [2.45, 2.75) is 32.2 Å². The van der Waals surface area contributed by atoms with E-state index >= 15 is 0 Å². The standard InChI is InChI=1S/C19H24N4O4/c1-21(2)19(25)9-16(24)15-8-14-11-22(5-6-23(14)20-15)10-13-3-4-17-18(7-13)27-12-26-17/h3-4,7-8,16,24H,5-6,9-12H2,1-2H3. The molecule has 8 nitrogen and oxygen atoms in total. The molecule has 2 aliphatic heterocycles. The fraction of sp³-hybridized carbons (Fsp3) is 0.474. The second kappa shape index (κ2) is 7.21. The van der Waals surface area contributed by atoms with Crippen molar-refractivity contribution in [3.05, 3.63) is 41.2 Å². The number of aliphatic hydroxyl groups excluding tert-OH is 1. The maximum Gasteiger partial charge on any atom is 0.231 e. The van der Waals surface area contributed by atoms with Gasteiger partial charge in [0.15, 0.2) is 11.5 Å². The minimum atomic E-state index is -0.875. The molecule has 1 unspecified atom stereocenters. The highest BCUT2D eigenvalue weighted by Gasteiger charge is 2.23. The fourth-order valence-electron chi connectivity index (χ4n) is 3.39. The lowest BCUT2D eigenvalue weighted by atomic mass is 10.1. The molecule has 0 saturated carbocycles. The van der Waals surface area contributed by atoms with E-state index in [1.165, 1.54) is 10.5 Å². The summed E-state index contributed by atoms with van der Waals surface area (Å²) < 4.78 is 12.7. The van der Waals surface area contributed by atoms with E-state index in [1.807, 2.05) is 22.9 Å². The topological polar surface area (TPSA) is 80.1 Å². The van der Waals surface area contributed by atoms with Crippen molar-refractivity contribution in [1.29, 1.82) is 0 Å². The largest absolute Gasteiger partial charge is 0.454 e. The third-order valence-corrected chi connectivity index (χ3v) is 4.95. The van der Waals surface area contributed by atoms with Gasteiger partial charge in [0, 0.05) is 33.7 Å². The molecule has 0 saturated heterocycles. The Bertz CT molecular complexity index is 848. The van der Waals surface area contributed by atoms with Gasteiger partial charge in [-0.3, -0.25) is 14.4 Å². The van der Waals surface area contributed by atoms with Crippen LogP contribution in [0.5, 0.6) is 11.5 Å². The van der Waals surface area contributed by atoms with Gasteiger partial charge >= 0.3 is 0 Å². The predicted octanol–water partition coefficient (Wildman–Crippen LogP) is 1.14. The summed E-state index contributed by atoms with van der Waals surface area (Å²) in [6.07, 6.45) is -0.829. The van der Waals surface area contributed by atoms with Crippen molar-refractivity contribution in [2.24, 2.45) is 0 Å². The van der Waals surface area contributed by atoms with Crippen molar-refractivity contribution in [3.8, 4) is 11.5 Å². The Balaban J connectivity index is 1.41. The molecule has 1 amide bonds. The van der Waals surface area contributed by atoms with Gasteiger partial charge in [-0.2, -0.15) is 5.10 Å². The smallest absolute Gasteiger partial charge is 0.231 e. The normalized spacial score (nSPS) is 16.9. The van der Waals surface area contributed by atoms with E-state index in [1.54, 1.807) is 14.1 Å². The van der Waals surface area contributed by atoms with E-state index in [4.69, 9.17) is 9.47 Å². The lowest BCUT2D eigenvalue weighted by Gasteiger charge is -2.27. The van der Waals surface area contributed by atoms with E-state index < -0.39 is 6.10 Å². The molecule has 1 aromatic carbocycles. The summed E-state index contributed by atoms with van der Waals surface area (Å²) in [6.45, 7) is 3.46. The lowest BCUT2D eigenvalue weighted by Crippen LogP contribution is -2.33. The van der Waals surface area contributed by atoms with E-state index in [-0.39, 0.29) is 19.1 Å². The van der Waals surface area contributed by atoms with Crippen LogP contribution in [0.1, 0.15) is 29.5 Å². The Kier molecular flexibility index (Phi) is 4.75. The van der Waals surface area contributed by atoms with Gasteiger partial charge in [-0.15, -0.1) is 0 Å². The Morgan fingerprint density at radius 3 is 2.89 bits per heavy atom. The van der Waals surface area contributed by atoms with Gasteiger partial charge in [0.2, 0.25) is 12.7 Å². The third kappa shape index (κ3) is 3.77. The van der Waals surface area contributed by atoms with E-state index in [2.05, 4.69) is 16.1 Å². The summed E-state index contributed by atoms with van der Waals surface area (Å²) in [7, 11) is 3.36. The van der Waals surface area contributed by atoms with Crippen molar-refractivity contribution >= 4 is 5.91 Å². The lowest BCUT2D eigenvalue weighted by molar-refractivity contribution is -0.130. The molecule has 4 rings (SSSR count). The molecule has 0 bridgehead atoms. The summed E-state index contributed by atoms with van der Waals surface area (Å²) in [4.78, 5) is 15.6. The van der Waals surface area contributed by atoms with Crippen LogP contribution in [-0.2, 0) is 24.4 Å². The number of aliphatic hydroxyl groups is 1. The van der Waals surface area contributed by atoms with Gasteiger partial charge in [0.1, 0.15) is 6.10 Å². The zero-order valence-electron chi connectivity index (χ0n) is 15.6. The molecule has 3 heterocycles. The quantitative estimate of drug-likeness (QED) is 0.848. The number of aromatic nitrogens is 2. The SMILES string of the molecule is CN(C)C(=O)CC(O)c1cc2n(n1)CCN(Cc1ccc3c(c1)OCO3)C2. The van der Waals surface area contributed by atoms with Crippen molar-refractivity contribution in [2.75, 3.05) is 27.4 Å². The monoisotopic (exact) mass is 372 g/mol. The molecular formula is C19H24N4O4. The first-order valence-electron chi connectivity index (χ1n) is 9.05. The van der Waals surface area contributed by atoms with Crippen molar-refractivity contribution in [3.63, 3.8) is 0 Å². The summed E-state index contributed by atoms with van der Waals surface area (Å²) in [5.74, 6) is 1.48. The van der Waals surface area contributed by atoms with Crippen LogP contribution in [0.3, 0.4) is 0 Å². The van der Waals surface area contributed by atoms with Gasteiger partial charge in [-0.25, -0.2) is 0 Å². The molecule has 2 aromatic rings. The first kappa shape index (κ1) is 17.8. The van der Waals surface area contributed by atoms with Crippen LogP contribution < -0.4 is 9.47 Å². The molecule has 1 atom stereocenters. The molecule has 27 heavy (non-hydrogen) atoms. The average Bonchev–Trinajstić information content (AvgIpc) is 3.27. The number of carbonyl (C=O) groups excluding carboxylic acids is 1. The first-order valence-corrected chi connectivity index (χ1v) is 9.05. The Labute approximate surface area is 157 Å². The Morgan fingerprint density at radius 1 is 1.26 bits per heavy atom. The molecule has 1 N–H and O–H groups in total. The Hall–Kier alpha value is -2.58. The molecule has 1 aromatic heterocycles. The number of rotatable bonds is 5. The number of hydrogen-bond acceptors (Lipinski definition) is 6. The predicted molar refractivity (Wildman–Crippen MR) is 97.2 cm³/mol. The van der Waals surface area contributed by atoms with Crippen molar-refractivity contribution < 1.29 is 19.4 Å². The highest BCUT2D eigenvalue weighted by Crippen LogP contribution is 2.33. The number of amides is 1. The summed E-state index contributed by atoms with van der Waals surface area (Å²) >= 11 is 0. The zero-order chi connectivity index (χ0) is 19.0. The first-order chi connectivity index (χ1) is 13.0. The second-order valence-electron chi connectivity index (χ2n) is 7.19. The summed E-state index contributed by atoms with van der Waals surface area (Å²) in [5, 5.41) is 14.8. The van der Waals surface area contributed by atoms with E-state index in [0.29, 0.717) is 5.69 Å². The van der Waals surface area contributed by atoms with Crippen LogP contribution >= 0.6 is 0 Å². The maximum absolute atomic E-state index is 11.8. The molecular weight excluding hydrogens is 348 g/mol. The van der Waals surface area contributed by atoms with Gasteiger partial charge in [-0.1, -0.05) is 6.07 Å². The van der Waals surface area contributed by atoms with Gasteiger partial charge in [0.25, 0.3) is 0 Å². The minimum absolute atomic E-state index is 0.0460. The number of hydrogen-bond donors (Lipinski definition) is 1. The minimum Gasteiger partial charge on any atom is -0.454 e. The van der Waals surface area contributed by atoms with E-state index in [0.717, 1.165) is 43.4 Å². The summed E-state index contributed by atoms with van der Waals surface area (Å²) in [6, 6.07) is 7.93. The molecule has 0 aliphatic carbocycles. The van der Waals surface area contributed by atoms with Gasteiger partial charge < -0.3 is 19.5 Å². The fourth-order valence-corrected chi connectivity index (χ4v) is 3.39. The molecule has 2 aliphatic rings. The third-order valence-electron chi connectivity index (χ3n) is 4.95. The highest BCUT2D eigenvalue weighted by atomic mass is 16.7. The molecule has 0 fully saturated rings. The van der Waals surface area contributed by atoms with Crippen LogP contribution in [0.15, 0.2) is 24.3 Å². The maximum atomic E-state index is 11.8. The average molecular weight is 372 g/mol. The zero-order valence-corrected chi connectivity index (χ0v) is 15.6. The van der Waals surface area contributed by atoms with Gasteiger partial charge in [0.05, 0.1) is 24.4 Å². The van der Waals surface area contributed by atoms with Crippen LogP contribution in [0.2, 0.25) is 0 Å². The van der Waals surface area contributed by atoms with Crippen LogP contribution in [-0.4, -0.2) is 58.0 Å². The number of carbonyl (C=O) groups is 1. The van der Waals surface area contributed by atoms with Crippen LogP contribution in [0, 0.1) is 0 Å². The molecule has 0 radical (unpaired) electrons. The molecule has 144 valence electrons. The van der Waals surface area contributed by atoms with Crippen molar-refractivity contribution in [1.82, 2.24) is 19.6 Å². The number of ether oxygens (including phenoxy) is 2. The van der Waals surface area contributed by atoms with Crippen LogP contribution in [0.4, 0.5) is 0 Å². The molecule has 0 spiro atoms. The van der Waals surface area contributed by atoms with Crippen LogP contribution in [0.25, 0.3) is 0 Å². The summed E-state index contributed by atoms with van der Waals surface area (Å²) in [5.41, 5.74) is 2.78. The second-order valence-corrected chi connectivity index (χ2v) is 7.19. The van der Waals surface area contributed by atoms with E-state index in [9.17, 15) is 9.90 Å².